The van der Waals surface area contributed by atoms with Gasteiger partial charge in [-0.1, -0.05) is 18.2 Å². The minimum Gasteiger partial charge on any atom is -0.508 e. The standard InChI is InChI=1S/C11H11N3O2/c15-10-4-2-1-3-8(10)7-12-11(16)9-5-6-13-14-9/h1-6,15H,7H2,(H,12,16)(H,13,14). The van der Waals surface area contributed by atoms with Crippen LogP contribution in [-0.4, -0.2) is 21.2 Å². The Kier molecular flexibility index (Phi) is 2.86. The molecule has 0 aliphatic heterocycles. The first-order valence-electron chi connectivity index (χ1n) is 4.82. The summed E-state index contributed by atoms with van der Waals surface area (Å²) in [5.74, 6) is -0.0758. The number of phenols is 1. The minimum absolute atomic E-state index is 0.174. The van der Waals surface area contributed by atoms with Crippen LogP contribution in [0.1, 0.15) is 16.1 Å². The zero-order valence-corrected chi connectivity index (χ0v) is 8.47. The predicted molar refractivity (Wildman–Crippen MR) is 57.9 cm³/mol. The van der Waals surface area contributed by atoms with Crippen LogP contribution in [0, 0.1) is 0 Å². The van der Waals surface area contributed by atoms with Crippen molar-refractivity contribution in [2.45, 2.75) is 6.54 Å². The third-order valence-electron chi connectivity index (χ3n) is 2.18. The number of hydrogen-bond donors (Lipinski definition) is 3. The van der Waals surface area contributed by atoms with Crippen molar-refractivity contribution >= 4 is 5.91 Å². The molecule has 0 saturated heterocycles. The predicted octanol–water partition coefficient (Wildman–Crippen LogP) is 1.05. The first-order chi connectivity index (χ1) is 7.77. The van der Waals surface area contributed by atoms with Crippen LogP contribution >= 0.6 is 0 Å². The highest BCUT2D eigenvalue weighted by atomic mass is 16.3. The lowest BCUT2D eigenvalue weighted by molar-refractivity contribution is 0.0945. The molecule has 1 amide bonds. The van der Waals surface area contributed by atoms with Gasteiger partial charge in [-0.2, -0.15) is 5.10 Å². The van der Waals surface area contributed by atoms with E-state index in [2.05, 4.69) is 15.5 Å². The zero-order valence-electron chi connectivity index (χ0n) is 8.47. The number of H-pyrrole nitrogens is 1. The average Bonchev–Trinajstić information content (AvgIpc) is 2.81. The summed E-state index contributed by atoms with van der Waals surface area (Å²) >= 11 is 0. The van der Waals surface area contributed by atoms with Crippen molar-refractivity contribution in [3.05, 3.63) is 47.8 Å². The molecule has 1 aromatic carbocycles. The topological polar surface area (TPSA) is 78.0 Å². The maximum atomic E-state index is 11.5. The summed E-state index contributed by atoms with van der Waals surface area (Å²) in [7, 11) is 0. The van der Waals surface area contributed by atoms with E-state index in [1.165, 1.54) is 6.20 Å². The Morgan fingerprint density at radius 1 is 1.38 bits per heavy atom. The Morgan fingerprint density at radius 2 is 2.19 bits per heavy atom. The number of carbonyl (C=O) groups excluding carboxylic acids is 1. The number of para-hydroxylation sites is 1. The van der Waals surface area contributed by atoms with Crippen LogP contribution < -0.4 is 5.32 Å². The molecule has 0 unspecified atom stereocenters. The van der Waals surface area contributed by atoms with E-state index in [-0.39, 0.29) is 18.2 Å². The summed E-state index contributed by atoms with van der Waals surface area (Å²) in [5.41, 5.74) is 1.07. The number of phenolic OH excluding ortho intramolecular Hbond substituents is 1. The molecule has 1 heterocycles. The van der Waals surface area contributed by atoms with Gasteiger partial charge in [0.2, 0.25) is 0 Å². The van der Waals surface area contributed by atoms with E-state index >= 15 is 0 Å². The molecule has 1 aromatic heterocycles. The first-order valence-corrected chi connectivity index (χ1v) is 4.82. The van der Waals surface area contributed by atoms with E-state index in [1.807, 2.05) is 0 Å². The van der Waals surface area contributed by atoms with Gasteiger partial charge in [-0.05, 0) is 12.1 Å². The number of benzene rings is 1. The highest BCUT2D eigenvalue weighted by Crippen LogP contribution is 2.14. The molecule has 16 heavy (non-hydrogen) atoms. The second-order valence-corrected chi connectivity index (χ2v) is 3.28. The molecule has 82 valence electrons. The summed E-state index contributed by atoms with van der Waals surface area (Å²) in [4.78, 5) is 11.5. The molecular formula is C11H11N3O2. The number of aromatic hydroxyl groups is 1. The van der Waals surface area contributed by atoms with E-state index in [4.69, 9.17) is 0 Å². The molecule has 0 spiro atoms. The van der Waals surface area contributed by atoms with Crippen LogP contribution in [0.2, 0.25) is 0 Å². The lowest BCUT2D eigenvalue weighted by Crippen LogP contribution is -2.23. The molecule has 0 fully saturated rings. The molecule has 0 radical (unpaired) electrons. The number of aromatic nitrogens is 2. The van der Waals surface area contributed by atoms with Crippen molar-refractivity contribution in [3.8, 4) is 5.75 Å². The van der Waals surface area contributed by atoms with Crippen molar-refractivity contribution < 1.29 is 9.90 Å². The second kappa shape index (κ2) is 4.48. The van der Waals surface area contributed by atoms with Crippen LogP contribution in [0.15, 0.2) is 36.5 Å². The van der Waals surface area contributed by atoms with Crippen LogP contribution in [0.25, 0.3) is 0 Å². The quantitative estimate of drug-likeness (QED) is 0.719. The Labute approximate surface area is 92.1 Å². The van der Waals surface area contributed by atoms with Gasteiger partial charge in [0.25, 0.3) is 5.91 Å². The third kappa shape index (κ3) is 2.20. The lowest BCUT2D eigenvalue weighted by atomic mass is 10.2. The van der Waals surface area contributed by atoms with E-state index in [0.717, 1.165) is 0 Å². The van der Waals surface area contributed by atoms with Gasteiger partial charge < -0.3 is 10.4 Å². The average molecular weight is 217 g/mol. The summed E-state index contributed by atoms with van der Waals surface area (Å²) in [6.45, 7) is 0.282. The zero-order chi connectivity index (χ0) is 11.4. The summed E-state index contributed by atoms with van der Waals surface area (Å²) in [6.07, 6.45) is 1.51. The van der Waals surface area contributed by atoms with Crippen molar-refractivity contribution in [3.63, 3.8) is 0 Å². The van der Waals surface area contributed by atoms with E-state index in [1.54, 1.807) is 30.3 Å². The second-order valence-electron chi connectivity index (χ2n) is 3.28. The van der Waals surface area contributed by atoms with Crippen LogP contribution in [0.3, 0.4) is 0 Å². The monoisotopic (exact) mass is 217 g/mol. The van der Waals surface area contributed by atoms with E-state index in [9.17, 15) is 9.90 Å². The number of aromatic amines is 1. The molecule has 5 heteroatoms. The van der Waals surface area contributed by atoms with E-state index < -0.39 is 0 Å². The molecule has 5 nitrogen and oxygen atoms in total. The fraction of sp³-hybridized carbons (Fsp3) is 0.0909. The van der Waals surface area contributed by atoms with Crippen molar-refractivity contribution in [2.24, 2.45) is 0 Å². The third-order valence-corrected chi connectivity index (χ3v) is 2.18. The van der Waals surface area contributed by atoms with E-state index in [0.29, 0.717) is 11.3 Å². The maximum Gasteiger partial charge on any atom is 0.269 e. The number of nitrogens with one attached hydrogen (secondary N) is 2. The smallest absolute Gasteiger partial charge is 0.269 e. The number of hydrogen-bond acceptors (Lipinski definition) is 3. The van der Waals surface area contributed by atoms with Gasteiger partial charge in [0.1, 0.15) is 11.4 Å². The van der Waals surface area contributed by atoms with Gasteiger partial charge in [-0.15, -0.1) is 0 Å². The Hall–Kier alpha value is -2.30. The molecule has 0 bridgehead atoms. The van der Waals surface area contributed by atoms with Crippen LogP contribution in [0.5, 0.6) is 5.75 Å². The van der Waals surface area contributed by atoms with Crippen molar-refractivity contribution in [1.82, 2.24) is 15.5 Å². The fourth-order valence-corrected chi connectivity index (χ4v) is 1.31. The van der Waals surface area contributed by atoms with Gasteiger partial charge in [-0.25, -0.2) is 0 Å². The molecule has 0 saturated carbocycles. The molecule has 2 aromatic rings. The fourth-order valence-electron chi connectivity index (χ4n) is 1.31. The normalized spacial score (nSPS) is 10.0. The van der Waals surface area contributed by atoms with Gasteiger partial charge in [0.15, 0.2) is 0 Å². The highest BCUT2D eigenvalue weighted by molar-refractivity contribution is 5.92. The first kappa shape index (κ1) is 10.2. The summed E-state index contributed by atoms with van der Waals surface area (Å²) in [5, 5.41) is 18.4. The summed E-state index contributed by atoms with van der Waals surface area (Å²) < 4.78 is 0. The lowest BCUT2D eigenvalue weighted by Gasteiger charge is -2.05. The van der Waals surface area contributed by atoms with Crippen molar-refractivity contribution in [1.29, 1.82) is 0 Å². The minimum atomic E-state index is -0.249. The van der Waals surface area contributed by atoms with Crippen LogP contribution in [0.4, 0.5) is 0 Å². The SMILES string of the molecule is O=C(NCc1ccccc1O)c1ccn[nH]1. The van der Waals surface area contributed by atoms with Gasteiger partial charge in [0, 0.05) is 18.3 Å². The number of nitrogens with zero attached hydrogens (tertiary/aromatic N) is 1. The number of amides is 1. The Morgan fingerprint density at radius 3 is 2.88 bits per heavy atom. The Bertz CT molecular complexity index is 480. The van der Waals surface area contributed by atoms with Gasteiger partial charge >= 0.3 is 0 Å². The van der Waals surface area contributed by atoms with Gasteiger partial charge in [0.05, 0.1) is 0 Å². The number of carbonyl (C=O) groups is 1. The van der Waals surface area contributed by atoms with Gasteiger partial charge in [-0.3, -0.25) is 9.89 Å². The molecule has 0 aliphatic carbocycles. The largest absolute Gasteiger partial charge is 0.508 e. The number of rotatable bonds is 3. The van der Waals surface area contributed by atoms with Crippen molar-refractivity contribution in [2.75, 3.05) is 0 Å². The maximum absolute atomic E-state index is 11.5. The molecule has 3 N–H and O–H groups in total. The molecule has 0 aliphatic rings. The molecule has 2 rings (SSSR count). The molecule has 0 atom stereocenters. The Balaban J connectivity index is 1.98. The highest BCUT2D eigenvalue weighted by Gasteiger charge is 2.07. The summed E-state index contributed by atoms with van der Waals surface area (Å²) in [6, 6.07) is 8.45. The van der Waals surface area contributed by atoms with Crippen LogP contribution in [-0.2, 0) is 6.54 Å². The molecular weight excluding hydrogens is 206 g/mol.